The van der Waals surface area contributed by atoms with Gasteiger partial charge < -0.3 is 30.1 Å². The standard InChI is InChI=1S/C25H44N4O3.HI/c1-5-17-31-23-10-9-21(19-24(23)32-18-6-2)20(4)28-25(26-7-3)27-13-8-14-29-15-11-22(30)12-16-29;/h9-10,19-20,22,30H,5-8,11-18H2,1-4H3,(H2,26,27,28);1H. The van der Waals surface area contributed by atoms with Crippen molar-refractivity contribution in [1.82, 2.24) is 15.5 Å². The van der Waals surface area contributed by atoms with E-state index in [4.69, 9.17) is 14.5 Å². The van der Waals surface area contributed by atoms with E-state index < -0.39 is 0 Å². The molecule has 1 saturated heterocycles. The summed E-state index contributed by atoms with van der Waals surface area (Å²) in [6.45, 7) is 14.4. The molecule has 7 nitrogen and oxygen atoms in total. The second-order valence-electron chi connectivity index (χ2n) is 8.46. The SMILES string of the molecule is CCCOc1ccc(C(C)NC(=NCCCN2CCC(O)CC2)NCC)cc1OCCC.I. The zero-order valence-electron chi connectivity index (χ0n) is 20.9. The lowest BCUT2D eigenvalue weighted by Crippen LogP contribution is -2.39. The molecule has 1 fully saturated rings. The first-order valence-electron chi connectivity index (χ1n) is 12.4. The fourth-order valence-corrected chi connectivity index (χ4v) is 3.69. The summed E-state index contributed by atoms with van der Waals surface area (Å²) in [5.41, 5.74) is 1.14. The van der Waals surface area contributed by atoms with E-state index >= 15 is 0 Å². The van der Waals surface area contributed by atoms with Crippen molar-refractivity contribution >= 4 is 29.9 Å². The number of benzene rings is 1. The average Bonchev–Trinajstić information content (AvgIpc) is 2.80. The molecule has 3 N–H and O–H groups in total. The quantitative estimate of drug-likeness (QED) is 0.140. The molecule has 1 heterocycles. The molecule has 1 aliphatic rings. The highest BCUT2D eigenvalue weighted by molar-refractivity contribution is 14.0. The number of aliphatic hydroxyl groups is 1. The van der Waals surface area contributed by atoms with E-state index in [0.717, 1.165) is 87.8 Å². The Kier molecular flexibility index (Phi) is 15.5. The van der Waals surface area contributed by atoms with Crippen LogP contribution in [0.5, 0.6) is 11.5 Å². The van der Waals surface area contributed by atoms with Crippen molar-refractivity contribution in [2.45, 2.75) is 71.9 Å². The average molecular weight is 577 g/mol. The van der Waals surface area contributed by atoms with E-state index in [0.29, 0.717) is 13.2 Å². The smallest absolute Gasteiger partial charge is 0.191 e. The summed E-state index contributed by atoms with van der Waals surface area (Å²) in [7, 11) is 0. The molecule has 0 radical (unpaired) electrons. The summed E-state index contributed by atoms with van der Waals surface area (Å²) < 4.78 is 11.8. The molecule has 0 aliphatic carbocycles. The number of nitrogens with one attached hydrogen (secondary N) is 2. The van der Waals surface area contributed by atoms with Gasteiger partial charge in [0, 0.05) is 26.2 Å². The van der Waals surface area contributed by atoms with Gasteiger partial charge in [-0.1, -0.05) is 19.9 Å². The van der Waals surface area contributed by atoms with Crippen LogP contribution in [0.25, 0.3) is 0 Å². The van der Waals surface area contributed by atoms with Gasteiger partial charge in [-0.05, 0) is 70.2 Å². The van der Waals surface area contributed by atoms with Crippen LogP contribution in [0.1, 0.15) is 71.4 Å². The van der Waals surface area contributed by atoms with Crippen LogP contribution in [0.2, 0.25) is 0 Å². The predicted octanol–water partition coefficient (Wildman–Crippen LogP) is 4.35. The molecule has 1 atom stereocenters. The highest BCUT2D eigenvalue weighted by atomic mass is 127. The zero-order valence-corrected chi connectivity index (χ0v) is 23.3. The van der Waals surface area contributed by atoms with Crippen LogP contribution >= 0.6 is 24.0 Å². The van der Waals surface area contributed by atoms with Gasteiger partial charge in [-0.15, -0.1) is 24.0 Å². The molecule has 0 aromatic heterocycles. The number of aliphatic imine (C=N–C) groups is 1. The predicted molar refractivity (Wildman–Crippen MR) is 147 cm³/mol. The third-order valence-corrected chi connectivity index (χ3v) is 5.55. The van der Waals surface area contributed by atoms with Crippen LogP contribution in [0.3, 0.4) is 0 Å². The number of piperidine rings is 1. The summed E-state index contributed by atoms with van der Waals surface area (Å²) in [5, 5.41) is 16.5. The summed E-state index contributed by atoms with van der Waals surface area (Å²) in [6.07, 6.45) is 4.60. The number of ether oxygens (including phenoxy) is 2. The van der Waals surface area contributed by atoms with Gasteiger partial charge in [0.15, 0.2) is 17.5 Å². The largest absolute Gasteiger partial charge is 0.490 e. The first-order valence-corrected chi connectivity index (χ1v) is 12.4. The van der Waals surface area contributed by atoms with Crippen molar-refractivity contribution in [2.24, 2.45) is 4.99 Å². The van der Waals surface area contributed by atoms with E-state index in [1.54, 1.807) is 0 Å². The molecule has 1 aromatic carbocycles. The van der Waals surface area contributed by atoms with Crippen LogP contribution in [0.4, 0.5) is 0 Å². The van der Waals surface area contributed by atoms with Gasteiger partial charge in [-0.25, -0.2) is 0 Å². The lowest BCUT2D eigenvalue weighted by atomic mass is 10.1. The minimum absolute atomic E-state index is 0. The Hall–Kier alpha value is -1.26. The fourth-order valence-electron chi connectivity index (χ4n) is 3.69. The lowest BCUT2D eigenvalue weighted by Gasteiger charge is -2.29. The highest BCUT2D eigenvalue weighted by Crippen LogP contribution is 2.31. The fraction of sp³-hybridized carbons (Fsp3) is 0.720. The minimum atomic E-state index is -0.115. The summed E-state index contributed by atoms with van der Waals surface area (Å²) >= 11 is 0. The molecule has 0 spiro atoms. The Bertz CT molecular complexity index is 682. The van der Waals surface area contributed by atoms with Gasteiger partial charge in [0.05, 0.1) is 25.4 Å². The molecular formula is C25H45IN4O3. The molecule has 190 valence electrons. The Morgan fingerprint density at radius 2 is 1.79 bits per heavy atom. The van der Waals surface area contributed by atoms with Crippen LogP contribution < -0.4 is 20.1 Å². The number of hydrogen-bond donors (Lipinski definition) is 3. The topological polar surface area (TPSA) is 78.4 Å². The van der Waals surface area contributed by atoms with Gasteiger partial charge in [-0.3, -0.25) is 4.99 Å². The maximum atomic E-state index is 9.64. The molecule has 1 aromatic rings. The van der Waals surface area contributed by atoms with Crippen LogP contribution in [-0.4, -0.2) is 68.0 Å². The molecule has 0 saturated carbocycles. The summed E-state index contributed by atoms with van der Waals surface area (Å²) in [4.78, 5) is 7.19. The highest BCUT2D eigenvalue weighted by Gasteiger charge is 2.16. The summed E-state index contributed by atoms with van der Waals surface area (Å²) in [5.74, 6) is 2.44. The number of rotatable bonds is 13. The Morgan fingerprint density at radius 1 is 1.12 bits per heavy atom. The molecular weight excluding hydrogens is 531 g/mol. The normalized spacial score (nSPS) is 16.1. The first kappa shape index (κ1) is 29.8. The van der Waals surface area contributed by atoms with Crippen molar-refractivity contribution in [3.63, 3.8) is 0 Å². The first-order chi connectivity index (χ1) is 15.6. The van der Waals surface area contributed by atoms with Gasteiger partial charge in [0.2, 0.25) is 0 Å². The van der Waals surface area contributed by atoms with Crippen molar-refractivity contribution in [3.8, 4) is 11.5 Å². The summed E-state index contributed by atoms with van der Waals surface area (Å²) in [6, 6.07) is 6.26. The van der Waals surface area contributed by atoms with E-state index in [1.165, 1.54) is 0 Å². The number of halogens is 1. The van der Waals surface area contributed by atoms with Crippen LogP contribution in [-0.2, 0) is 0 Å². The van der Waals surface area contributed by atoms with Gasteiger partial charge >= 0.3 is 0 Å². The number of guanidine groups is 1. The van der Waals surface area contributed by atoms with Crippen molar-refractivity contribution < 1.29 is 14.6 Å². The molecule has 2 rings (SSSR count). The van der Waals surface area contributed by atoms with Gasteiger partial charge in [-0.2, -0.15) is 0 Å². The number of nitrogens with zero attached hydrogens (tertiary/aromatic N) is 2. The Morgan fingerprint density at radius 3 is 2.42 bits per heavy atom. The van der Waals surface area contributed by atoms with Crippen molar-refractivity contribution in [1.29, 1.82) is 0 Å². The molecule has 8 heteroatoms. The second kappa shape index (κ2) is 17.2. The van der Waals surface area contributed by atoms with Crippen LogP contribution in [0.15, 0.2) is 23.2 Å². The number of aliphatic hydroxyl groups excluding tert-OH is 1. The van der Waals surface area contributed by atoms with E-state index in [2.05, 4.69) is 55.4 Å². The van der Waals surface area contributed by atoms with Gasteiger partial charge in [0.1, 0.15) is 0 Å². The Labute approximate surface area is 217 Å². The maximum absolute atomic E-state index is 9.64. The van der Waals surface area contributed by atoms with Gasteiger partial charge in [0.25, 0.3) is 0 Å². The third-order valence-electron chi connectivity index (χ3n) is 5.55. The van der Waals surface area contributed by atoms with E-state index in [9.17, 15) is 5.11 Å². The number of hydrogen-bond acceptors (Lipinski definition) is 5. The maximum Gasteiger partial charge on any atom is 0.191 e. The monoisotopic (exact) mass is 576 g/mol. The zero-order chi connectivity index (χ0) is 23.2. The molecule has 0 amide bonds. The molecule has 33 heavy (non-hydrogen) atoms. The third kappa shape index (κ3) is 11.1. The second-order valence-corrected chi connectivity index (χ2v) is 8.46. The van der Waals surface area contributed by atoms with Crippen LogP contribution in [0, 0.1) is 0 Å². The molecule has 1 aliphatic heterocycles. The number of likely N-dealkylation sites (tertiary alicyclic amines) is 1. The van der Waals surface area contributed by atoms with Crippen molar-refractivity contribution in [2.75, 3.05) is 45.9 Å². The minimum Gasteiger partial charge on any atom is -0.490 e. The molecule has 0 bridgehead atoms. The lowest BCUT2D eigenvalue weighted by molar-refractivity contribution is 0.0824. The molecule has 1 unspecified atom stereocenters. The Balaban J connectivity index is 0.00000544. The van der Waals surface area contributed by atoms with E-state index in [1.807, 2.05) is 6.07 Å². The van der Waals surface area contributed by atoms with Crippen molar-refractivity contribution in [3.05, 3.63) is 23.8 Å². The van der Waals surface area contributed by atoms with E-state index in [-0.39, 0.29) is 36.1 Å².